The number of halogens is 1. The summed E-state index contributed by atoms with van der Waals surface area (Å²) >= 11 is 7.31. The van der Waals surface area contributed by atoms with Gasteiger partial charge in [-0.15, -0.1) is 10.2 Å². The van der Waals surface area contributed by atoms with Crippen LogP contribution in [0.4, 0.5) is 11.4 Å². The van der Waals surface area contributed by atoms with Crippen LogP contribution < -0.4 is 15.4 Å². The number of para-hydroxylation sites is 3. The second kappa shape index (κ2) is 10.8. The van der Waals surface area contributed by atoms with E-state index in [0.717, 1.165) is 0 Å². The van der Waals surface area contributed by atoms with E-state index in [1.165, 1.54) is 11.8 Å². The number of thioether (sulfide) groups is 1. The molecule has 10 heteroatoms. The zero-order valence-electron chi connectivity index (χ0n) is 17.1. The molecule has 8 nitrogen and oxygen atoms in total. The summed E-state index contributed by atoms with van der Waals surface area (Å²) in [5.74, 6) is 0.785. The Morgan fingerprint density at radius 1 is 1.03 bits per heavy atom. The van der Waals surface area contributed by atoms with E-state index in [9.17, 15) is 9.59 Å². The van der Waals surface area contributed by atoms with Gasteiger partial charge in [0.15, 0.2) is 5.16 Å². The van der Waals surface area contributed by atoms with Crippen molar-refractivity contribution >= 4 is 46.6 Å². The van der Waals surface area contributed by atoms with Gasteiger partial charge in [0.05, 0.1) is 35.7 Å². The van der Waals surface area contributed by atoms with Gasteiger partial charge in [-0.2, -0.15) is 0 Å². The summed E-state index contributed by atoms with van der Waals surface area (Å²) in [5.41, 5.74) is 1.14. The van der Waals surface area contributed by atoms with E-state index in [1.54, 1.807) is 43.5 Å². The van der Waals surface area contributed by atoms with Crippen LogP contribution in [-0.4, -0.2) is 39.4 Å². The van der Waals surface area contributed by atoms with Gasteiger partial charge >= 0.3 is 0 Å². The van der Waals surface area contributed by atoms with Gasteiger partial charge in [0, 0.05) is 6.54 Å². The van der Waals surface area contributed by atoms with Crippen molar-refractivity contribution in [3.63, 3.8) is 0 Å². The second-order valence-corrected chi connectivity index (χ2v) is 7.73. The van der Waals surface area contributed by atoms with Crippen LogP contribution in [0.5, 0.6) is 5.75 Å². The third-order valence-electron chi connectivity index (χ3n) is 4.29. The van der Waals surface area contributed by atoms with Crippen LogP contribution in [0.25, 0.3) is 0 Å². The first-order valence-corrected chi connectivity index (χ1v) is 10.9. The number of carbonyl (C=O) groups is 2. The molecule has 2 amide bonds. The molecule has 0 bridgehead atoms. The Morgan fingerprint density at radius 2 is 1.71 bits per heavy atom. The van der Waals surface area contributed by atoms with Crippen molar-refractivity contribution in [1.82, 2.24) is 14.8 Å². The molecule has 2 aromatic carbocycles. The number of hydrogen-bond donors (Lipinski definition) is 2. The number of anilines is 2. The number of nitrogens with one attached hydrogen (secondary N) is 2. The maximum Gasteiger partial charge on any atom is 0.234 e. The fourth-order valence-electron chi connectivity index (χ4n) is 2.84. The minimum atomic E-state index is -0.236. The van der Waals surface area contributed by atoms with Crippen molar-refractivity contribution in [1.29, 1.82) is 0 Å². The Kier molecular flexibility index (Phi) is 7.91. The number of amides is 2. The maximum absolute atomic E-state index is 12.5. The molecule has 2 N–H and O–H groups in total. The third-order valence-corrected chi connectivity index (χ3v) is 5.59. The molecule has 0 aliphatic rings. The average molecular weight is 460 g/mol. The quantitative estimate of drug-likeness (QED) is 0.471. The standard InChI is InChI=1S/C21H22ClN5O3S/c1-3-27-18(12-19(28)24-16-10-6-7-11-17(16)30-2)25-26-21(27)31-13-20(29)23-15-9-5-4-8-14(15)22/h4-11H,3,12-13H2,1-2H3,(H,23,29)(H,24,28). The summed E-state index contributed by atoms with van der Waals surface area (Å²) in [7, 11) is 1.55. The Bertz CT molecular complexity index is 1070. The minimum Gasteiger partial charge on any atom is -0.495 e. The van der Waals surface area contributed by atoms with Gasteiger partial charge < -0.3 is 19.9 Å². The normalized spacial score (nSPS) is 10.5. The number of carbonyl (C=O) groups excluding carboxylic acids is 2. The highest BCUT2D eigenvalue weighted by Crippen LogP contribution is 2.24. The van der Waals surface area contributed by atoms with Crippen molar-refractivity contribution in [2.45, 2.75) is 25.0 Å². The molecule has 3 aromatic rings. The van der Waals surface area contributed by atoms with Crippen LogP contribution >= 0.6 is 23.4 Å². The molecular weight excluding hydrogens is 438 g/mol. The van der Waals surface area contributed by atoms with Crippen molar-refractivity contribution in [2.24, 2.45) is 0 Å². The van der Waals surface area contributed by atoms with Crippen LogP contribution in [0.2, 0.25) is 5.02 Å². The third kappa shape index (κ3) is 5.99. The number of ether oxygens (including phenoxy) is 1. The number of methoxy groups -OCH3 is 1. The molecule has 0 aliphatic carbocycles. The lowest BCUT2D eigenvalue weighted by atomic mass is 10.2. The Morgan fingerprint density at radius 3 is 2.42 bits per heavy atom. The van der Waals surface area contributed by atoms with E-state index in [2.05, 4.69) is 20.8 Å². The molecule has 1 heterocycles. The van der Waals surface area contributed by atoms with Crippen molar-refractivity contribution in [2.75, 3.05) is 23.5 Å². The maximum atomic E-state index is 12.5. The van der Waals surface area contributed by atoms with Gasteiger partial charge in [0.1, 0.15) is 11.6 Å². The van der Waals surface area contributed by atoms with E-state index in [4.69, 9.17) is 16.3 Å². The highest BCUT2D eigenvalue weighted by Gasteiger charge is 2.17. The lowest BCUT2D eigenvalue weighted by Gasteiger charge is -2.10. The summed E-state index contributed by atoms with van der Waals surface area (Å²) in [5, 5.41) is 14.9. The van der Waals surface area contributed by atoms with Crippen molar-refractivity contribution < 1.29 is 14.3 Å². The van der Waals surface area contributed by atoms with Crippen LogP contribution in [0.3, 0.4) is 0 Å². The first-order valence-electron chi connectivity index (χ1n) is 9.54. The number of rotatable bonds is 9. The monoisotopic (exact) mass is 459 g/mol. The topological polar surface area (TPSA) is 98.1 Å². The van der Waals surface area contributed by atoms with Gasteiger partial charge in [-0.25, -0.2) is 0 Å². The van der Waals surface area contributed by atoms with E-state index in [1.807, 2.05) is 23.6 Å². The number of benzene rings is 2. The van der Waals surface area contributed by atoms with Gasteiger partial charge in [0.2, 0.25) is 11.8 Å². The van der Waals surface area contributed by atoms with Gasteiger partial charge in [-0.1, -0.05) is 47.6 Å². The summed E-state index contributed by atoms with van der Waals surface area (Å²) in [6.07, 6.45) is 0.0469. The highest BCUT2D eigenvalue weighted by atomic mass is 35.5. The fraction of sp³-hybridized carbons (Fsp3) is 0.238. The van der Waals surface area contributed by atoms with Crippen LogP contribution in [0.1, 0.15) is 12.7 Å². The molecule has 0 spiro atoms. The van der Waals surface area contributed by atoms with E-state index in [-0.39, 0.29) is 24.0 Å². The highest BCUT2D eigenvalue weighted by molar-refractivity contribution is 7.99. The molecule has 162 valence electrons. The van der Waals surface area contributed by atoms with Crippen molar-refractivity contribution in [3.05, 3.63) is 59.4 Å². The number of hydrogen-bond acceptors (Lipinski definition) is 6. The molecule has 0 unspecified atom stereocenters. The fourth-order valence-corrected chi connectivity index (χ4v) is 3.84. The molecule has 3 rings (SSSR count). The molecule has 0 fully saturated rings. The molecule has 31 heavy (non-hydrogen) atoms. The average Bonchev–Trinajstić information content (AvgIpc) is 3.15. The SMILES string of the molecule is CCn1c(CC(=O)Nc2ccccc2OC)nnc1SCC(=O)Nc1ccccc1Cl. The molecule has 1 aromatic heterocycles. The molecule has 0 radical (unpaired) electrons. The van der Waals surface area contributed by atoms with Crippen LogP contribution in [-0.2, 0) is 22.6 Å². The molecule has 0 saturated carbocycles. The van der Waals surface area contributed by atoms with Crippen LogP contribution in [0.15, 0.2) is 53.7 Å². The summed E-state index contributed by atoms with van der Waals surface area (Å²) in [4.78, 5) is 24.8. The molecule has 0 aliphatic heterocycles. The Hall–Kier alpha value is -3.04. The summed E-state index contributed by atoms with van der Waals surface area (Å²) in [6.45, 7) is 2.50. The van der Waals surface area contributed by atoms with E-state index < -0.39 is 0 Å². The van der Waals surface area contributed by atoms with Gasteiger partial charge in [-0.3, -0.25) is 9.59 Å². The van der Waals surface area contributed by atoms with E-state index >= 15 is 0 Å². The zero-order valence-corrected chi connectivity index (χ0v) is 18.7. The largest absolute Gasteiger partial charge is 0.495 e. The van der Waals surface area contributed by atoms with Crippen LogP contribution in [0, 0.1) is 0 Å². The first kappa shape index (κ1) is 22.6. The lowest BCUT2D eigenvalue weighted by molar-refractivity contribution is -0.116. The molecular formula is C21H22ClN5O3S. The summed E-state index contributed by atoms with van der Waals surface area (Å²) in [6, 6.07) is 14.2. The van der Waals surface area contributed by atoms with Gasteiger partial charge in [0.25, 0.3) is 0 Å². The minimum absolute atomic E-state index is 0.0469. The smallest absolute Gasteiger partial charge is 0.234 e. The molecule has 0 atom stereocenters. The second-order valence-electron chi connectivity index (χ2n) is 6.38. The lowest BCUT2D eigenvalue weighted by Crippen LogP contribution is -2.18. The predicted molar refractivity (Wildman–Crippen MR) is 122 cm³/mol. The Balaban J connectivity index is 1.60. The van der Waals surface area contributed by atoms with Gasteiger partial charge in [-0.05, 0) is 31.2 Å². The van der Waals surface area contributed by atoms with E-state index in [0.29, 0.717) is 39.7 Å². The number of aromatic nitrogens is 3. The zero-order chi connectivity index (χ0) is 22.2. The van der Waals surface area contributed by atoms with Crippen molar-refractivity contribution in [3.8, 4) is 5.75 Å². The molecule has 0 saturated heterocycles. The summed E-state index contributed by atoms with van der Waals surface area (Å²) < 4.78 is 7.07. The number of nitrogens with zero attached hydrogens (tertiary/aromatic N) is 3. The predicted octanol–water partition coefficient (Wildman–Crippen LogP) is 3.87. The first-order chi connectivity index (χ1) is 15.0. The Labute approximate surface area is 189 Å².